The highest BCUT2D eigenvalue weighted by Crippen LogP contribution is 2.20. The van der Waals surface area contributed by atoms with E-state index >= 15 is 0 Å². The molecule has 0 aromatic carbocycles. The summed E-state index contributed by atoms with van der Waals surface area (Å²) >= 11 is 0. The van der Waals surface area contributed by atoms with Crippen LogP contribution in [0.4, 0.5) is 34.6 Å². The molecule has 0 aliphatic heterocycles. The average molecular weight is 823 g/mol. The maximum atomic E-state index is 13.2. The maximum absolute atomic E-state index is 13.2. The van der Waals surface area contributed by atoms with Gasteiger partial charge < -0.3 is 59.7 Å². The molecule has 0 bridgehead atoms. The summed E-state index contributed by atoms with van der Waals surface area (Å²) in [5.74, 6) is -2.47. The molecule has 6 aromatic rings. The Labute approximate surface area is 340 Å². The van der Waals surface area contributed by atoms with Gasteiger partial charge in [-0.15, -0.1) is 0 Å². The van der Waals surface area contributed by atoms with E-state index in [2.05, 4.69) is 57.2 Å². The van der Waals surface area contributed by atoms with E-state index in [0.717, 1.165) is 0 Å². The number of hydrogen-bond acceptors (Lipinski definition) is 10. The van der Waals surface area contributed by atoms with Gasteiger partial charge in [0.15, 0.2) is 11.6 Å². The molecule has 0 radical (unpaired) electrons. The zero-order chi connectivity index (χ0) is 43.2. The number of hydrogen-bond donors (Lipinski definition) is 8. The minimum Gasteiger partial charge on any atom is -0.351 e. The standard InChI is InChI=1S/C37H42N16O7/c1-20(54)41-27-18-52(5)30(46-27)35(59)43-22-13-25(50(3)16-22)33(57)42-21-12-24(49(2)15-21)32(56)38-9-7-8-29(55)45-28-19-53(6)31(47-28)36(60)44-23-14-26(51(4)17-23)34(58)48-37-39-10-11-40-37/h10-19H,7-9H2,1-6H3,(H,38,56)(H,41,54)(H,42,57)(H,43,59)(H,44,60)(H,45,55)(H2,39,40,48,58). The smallest absolute Gasteiger partial charge is 0.291 e. The first-order chi connectivity index (χ1) is 28.5. The van der Waals surface area contributed by atoms with Crippen molar-refractivity contribution in [3.05, 3.63) is 90.3 Å². The third-order valence-electron chi connectivity index (χ3n) is 8.81. The van der Waals surface area contributed by atoms with Crippen LogP contribution in [0.1, 0.15) is 72.5 Å². The zero-order valence-corrected chi connectivity index (χ0v) is 33.3. The normalized spacial score (nSPS) is 10.8. The number of aryl methyl sites for hydroxylation is 5. The molecule has 0 spiro atoms. The van der Waals surface area contributed by atoms with Crippen LogP contribution in [-0.4, -0.2) is 90.7 Å². The third kappa shape index (κ3) is 9.82. The number of nitrogens with zero attached hydrogens (tertiary/aromatic N) is 8. The SMILES string of the molecule is CC(=O)Nc1cn(C)c(C(=O)Nc2cc(C(=O)Nc3cc(C(=O)NCCCC(=O)Nc4cn(C)c(C(=O)Nc5cc(C(=O)Nc6ncc[nH]6)n(C)c5)n4)n(C)c3)n(C)c2)n1. The Balaban J connectivity index is 0.944. The molecule has 0 unspecified atom stereocenters. The molecule has 0 atom stereocenters. The number of imidazole rings is 3. The summed E-state index contributed by atoms with van der Waals surface area (Å²) in [6.07, 6.45) is 11.1. The maximum Gasteiger partial charge on any atom is 0.291 e. The van der Waals surface area contributed by atoms with Gasteiger partial charge in [0.05, 0.1) is 17.1 Å². The summed E-state index contributed by atoms with van der Waals surface area (Å²) in [6, 6.07) is 4.49. The first kappa shape index (κ1) is 41.4. The quantitative estimate of drug-likeness (QED) is 0.0698. The van der Waals surface area contributed by atoms with Gasteiger partial charge in [-0.25, -0.2) is 15.0 Å². The van der Waals surface area contributed by atoms with Crippen molar-refractivity contribution in [3.8, 4) is 0 Å². The van der Waals surface area contributed by atoms with Crippen LogP contribution in [0.5, 0.6) is 0 Å². The summed E-state index contributed by atoms with van der Waals surface area (Å²) in [7, 11) is 8.13. The summed E-state index contributed by atoms with van der Waals surface area (Å²) in [6.45, 7) is 1.49. The second-order valence-electron chi connectivity index (χ2n) is 13.6. The van der Waals surface area contributed by atoms with Crippen molar-refractivity contribution in [2.75, 3.05) is 38.4 Å². The second kappa shape index (κ2) is 17.5. The van der Waals surface area contributed by atoms with Crippen molar-refractivity contribution < 1.29 is 33.6 Å². The van der Waals surface area contributed by atoms with Gasteiger partial charge in [-0.2, -0.15) is 0 Å². The number of rotatable bonds is 15. The van der Waals surface area contributed by atoms with E-state index in [1.807, 2.05) is 0 Å². The van der Waals surface area contributed by atoms with Crippen LogP contribution in [0.2, 0.25) is 0 Å². The fraction of sp³-hybridized carbons (Fsp3) is 0.243. The van der Waals surface area contributed by atoms with E-state index in [0.29, 0.717) is 23.5 Å². The Morgan fingerprint density at radius 3 is 1.52 bits per heavy atom. The molecule has 6 rings (SSSR count). The monoisotopic (exact) mass is 822 g/mol. The first-order valence-corrected chi connectivity index (χ1v) is 18.2. The van der Waals surface area contributed by atoms with Crippen LogP contribution in [0.15, 0.2) is 61.6 Å². The molecule has 0 aliphatic carbocycles. The topological polar surface area (TPSA) is 283 Å². The molecule has 0 saturated heterocycles. The molecule has 23 nitrogen and oxygen atoms in total. The highest BCUT2D eigenvalue weighted by atomic mass is 16.2. The van der Waals surface area contributed by atoms with Crippen molar-refractivity contribution >= 4 is 76.0 Å². The predicted molar refractivity (Wildman–Crippen MR) is 218 cm³/mol. The van der Waals surface area contributed by atoms with Gasteiger partial charge in [0.2, 0.25) is 29.4 Å². The van der Waals surface area contributed by atoms with Crippen molar-refractivity contribution in [1.82, 2.24) is 48.1 Å². The van der Waals surface area contributed by atoms with E-state index in [-0.39, 0.29) is 71.1 Å². The molecule has 8 N–H and O–H groups in total. The predicted octanol–water partition coefficient (Wildman–Crippen LogP) is 2.01. The van der Waals surface area contributed by atoms with Gasteiger partial charge >= 0.3 is 0 Å². The second-order valence-corrected chi connectivity index (χ2v) is 13.6. The van der Waals surface area contributed by atoms with Crippen molar-refractivity contribution in [1.29, 1.82) is 0 Å². The zero-order valence-electron chi connectivity index (χ0n) is 33.3. The lowest BCUT2D eigenvalue weighted by Gasteiger charge is -2.06. The summed E-state index contributed by atoms with van der Waals surface area (Å²) in [4.78, 5) is 104. The number of nitrogens with one attached hydrogen (secondary N) is 8. The van der Waals surface area contributed by atoms with Crippen LogP contribution in [0, 0.1) is 0 Å². The minimum atomic E-state index is -0.565. The fourth-order valence-electron chi connectivity index (χ4n) is 6.05. The van der Waals surface area contributed by atoms with Crippen LogP contribution < -0.4 is 37.2 Å². The molecule has 0 aliphatic rings. The summed E-state index contributed by atoms with van der Waals surface area (Å²) < 4.78 is 7.52. The molecule has 6 aromatic heterocycles. The lowest BCUT2D eigenvalue weighted by atomic mass is 10.3. The highest BCUT2D eigenvalue weighted by Gasteiger charge is 2.21. The highest BCUT2D eigenvalue weighted by molar-refractivity contribution is 6.08. The minimum absolute atomic E-state index is 0.0136. The Morgan fingerprint density at radius 2 is 1.03 bits per heavy atom. The van der Waals surface area contributed by atoms with Gasteiger partial charge in [0, 0.05) is 98.5 Å². The molecule has 23 heteroatoms. The molecule has 60 heavy (non-hydrogen) atoms. The number of carbonyl (C=O) groups excluding carboxylic acids is 7. The van der Waals surface area contributed by atoms with Gasteiger partial charge in [0.1, 0.15) is 17.1 Å². The Kier molecular flexibility index (Phi) is 12.1. The fourth-order valence-corrected chi connectivity index (χ4v) is 6.05. The van der Waals surface area contributed by atoms with Crippen LogP contribution >= 0.6 is 0 Å². The number of H-pyrrole nitrogens is 1. The Hall–Kier alpha value is -8.24. The first-order valence-electron chi connectivity index (χ1n) is 18.2. The summed E-state index contributed by atoms with van der Waals surface area (Å²) in [5, 5.41) is 18.7. The Bertz CT molecular complexity index is 2620. The summed E-state index contributed by atoms with van der Waals surface area (Å²) in [5.41, 5.74) is 1.79. The Morgan fingerprint density at radius 1 is 0.567 bits per heavy atom. The van der Waals surface area contributed by atoms with Gasteiger partial charge in [0.25, 0.3) is 29.5 Å². The van der Waals surface area contributed by atoms with E-state index in [1.54, 1.807) is 69.2 Å². The number of aromatic amines is 1. The average Bonchev–Trinajstić information content (AvgIpc) is 4.04. The van der Waals surface area contributed by atoms with Crippen molar-refractivity contribution in [2.24, 2.45) is 35.2 Å². The molecule has 0 saturated carbocycles. The lowest BCUT2D eigenvalue weighted by Crippen LogP contribution is -2.27. The van der Waals surface area contributed by atoms with E-state index < -0.39 is 29.5 Å². The van der Waals surface area contributed by atoms with Gasteiger partial charge in [-0.1, -0.05) is 0 Å². The van der Waals surface area contributed by atoms with Crippen LogP contribution in [0.25, 0.3) is 0 Å². The third-order valence-corrected chi connectivity index (χ3v) is 8.81. The number of carbonyl (C=O) groups is 7. The van der Waals surface area contributed by atoms with E-state index in [1.165, 1.54) is 57.4 Å². The van der Waals surface area contributed by atoms with Crippen LogP contribution in [0.3, 0.4) is 0 Å². The van der Waals surface area contributed by atoms with Crippen molar-refractivity contribution in [3.63, 3.8) is 0 Å². The lowest BCUT2D eigenvalue weighted by molar-refractivity contribution is -0.116. The van der Waals surface area contributed by atoms with E-state index in [9.17, 15) is 33.6 Å². The van der Waals surface area contributed by atoms with E-state index in [4.69, 9.17) is 0 Å². The molecule has 6 heterocycles. The number of amides is 7. The van der Waals surface area contributed by atoms with Crippen molar-refractivity contribution in [2.45, 2.75) is 19.8 Å². The molecule has 0 fully saturated rings. The van der Waals surface area contributed by atoms with Gasteiger partial charge in [-0.05, 0) is 24.6 Å². The van der Waals surface area contributed by atoms with Gasteiger partial charge in [-0.3, -0.25) is 38.9 Å². The molecular formula is C37H42N16O7. The largest absolute Gasteiger partial charge is 0.351 e. The number of anilines is 6. The number of aromatic nitrogens is 9. The molecule has 7 amide bonds. The van der Waals surface area contributed by atoms with Crippen LogP contribution in [-0.2, 0) is 44.8 Å². The molecule has 312 valence electrons. The molecular weight excluding hydrogens is 781 g/mol.